The zero-order valence-electron chi connectivity index (χ0n) is 12.2. The van der Waals surface area contributed by atoms with Gasteiger partial charge in [0.15, 0.2) is 11.2 Å². The summed E-state index contributed by atoms with van der Waals surface area (Å²) in [7, 11) is 4.19. The van der Waals surface area contributed by atoms with Crippen molar-refractivity contribution in [1.29, 1.82) is 0 Å². The van der Waals surface area contributed by atoms with Crippen LogP contribution in [0.25, 0.3) is 11.2 Å². The zero-order valence-corrected chi connectivity index (χ0v) is 11.6. The summed E-state index contributed by atoms with van der Waals surface area (Å²) in [6.45, 7) is 0. The van der Waals surface area contributed by atoms with Gasteiger partial charge in [0.25, 0.3) is 5.56 Å². The van der Waals surface area contributed by atoms with Gasteiger partial charge in [-0.05, 0) is 0 Å². The molecule has 18 heavy (non-hydrogen) atoms. The van der Waals surface area contributed by atoms with Crippen molar-refractivity contribution in [3.63, 3.8) is 0 Å². The number of carboxylic acid groups (broad SMARTS) is 1. The molecule has 2 aromatic rings. The molecule has 0 aromatic carbocycles. The number of nitrogens with zero attached hydrogens (tertiary/aromatic N) is 4. The molecule has 0 saturated carbocycles. The number of fused-ring (bicyclic) bond motifs is 1. The number of rotatable bonds is 1. The van der Waals surface area contributed by atoms with E-state index >= 15 is 0 Å². The monoisotopic (exact) mass is 264 g/mol. The van der Waals surface area contributed by atoms with Crippen LogP contribution in [-0.2, 0) is 21.1 Å². The Morgan fingerprint density at radius 1 is 1.17 bits per heavy atom. The second-order valence-corrected chi connectivity index (χ2v) is 3.68. The molecule has 0 saturated heterocycles. The van der Waals surface area contributed by atoms with E-state index in [2.05, 4.69) is 4.98 Å². The van der Waals surface area contributed by atoms with Gasteiger partial charge in [-0.25, -0.2) is 14.6 Å². The number of hydrogen-bond donors (Lipinski definition) is 1. The third-order valence-corrected chi connectivity index (χ3v) is 2.67. The van der Waals surface area contributed by atoms with Crippen molar-refractivity contribution in [2.45, 2.75) is 0 Å². The topological polar surface area (TPSA) is 99.1 Å². The Hall–Kier alpha value is -1.61. The maximum atomic E-state index is 11.9. The van der Waals surface area contributed by atoms with Gasteiger partial charge in [0.05, 0.1) is 0 Å². The van der Waals surface area contributed by atoms with Crippen LogP contribution in [0.15, 0.2) is 9.59 Å². The van der Waals surface area contributed by atoms with Crippen LogP contribution in [-0.4, -0.2) is 52.8 Å². The van der Waals surface area contributed by atoms with Crippen molar-refractivity contribution in [2.24, 2.45) is 21.1 Å². The standard InChI is InChI=1S/C9H10N4O4.Mg.2H/c1-11-4-5(10-6(11)8(15)16)12(2)9(17)13(3)7(4)14;;;/h1-3H3,(H,15,16);;;/q;+2;2*-1. The third-order valence-electron chi connectivity index (χ3n) is 2.67. The van der Waals surface area contributed by atoms with Gasteiger partial charge in [-0.2, -0.15) is 0 Å². The summed E-state index contributed by atoms with van der Waals surface area (Å²) >= 11 is 0. The van der Waals surface area contributed by atoms with Crippen LogP contribution in [0.2, 0.25) is 0 Å². The number of carbonyl (C=O) groups is 1. The first-order chi connectivity index (χ1) is 7.86. The largest absolute Gasteiger partial charge is 2.00 e. The molecule has 2 rings (SSSR count). The predicted octanol–water partition coefficient (Wildman–Crippen LogP) is -1.49. The molecule has 0 aliphatic heterocycles. The number of imidazole rings is 1. The van der Waals surface area contributed by atoms with Gasteiger partial charge in [0.1, 0.15) is 0 Å². The van der Waals surface area contributed by atoms with E-state index in [1.807, 2.05) is 0 Å². The molecule has 2 aromatic heterocycles. The molecule has 0 unspecified atom stereocenters. The molecule has 0 fully saturated rings. The Morgan fingerprint density at radius 2 is 1.72 bits per heavy atom. The van der Waals surface area contributed by atoms with E-state index in [1.165, 1.54) is 25.7 Å². The van der Waals surface area contributed by atoms with Gasteiger partial charge < -0.3 is 12.5 Å². The Morgan fingerprint density at radius 3 is 2.22 bits per heavy atom. The van der Waals surface area contributed by atoms with Gasteiger partial charge in [0.2, 0.25) is 5.82 Å². The number of aryl methyl sites for hydroxylation is 2. The maximum absolute atomic E-state index is 11.9. The van der Waals surface area contributed by atoms with Gasteiger partial charge in [0, 0.05) is 21.1 Å². The van der Waals surface area contributed by atoms with Gasteiger partial charge in [-0.3, -0.25) is 13.9 Å². The molecule has 94 valence electrons. The maximum Gasteiger partial charge on any atom is 2.00 e. The van der Waals surface area contributed by atoms with E-state index < -0.39 is 17.2 Å². The summed E-state index contributed by atoms with van der Waals surface area (Å²) in [6.07, 6.45) is 0. The van der Waals surface area contributed by atoms with E-state index in [4.69, 9.17) is 5.11 Å². The molecule has 0 atom stereocenters. The average molecular weight is 265 g/mol. The number of hydrogen-bond acceptors (Lipinski definition) is 4. The third kappa shape index (κ3) is 1.75. The molecule has 8 nitrogen and oxygen atoms in total. The fraction of sp³-hybridized carbons (Fsp3) is 0.333. The van der Waals surface area contributed by atoms with Crippen LogP contribution in [0.1, 0.15) is 13.5 Å². The minimum atomic E-state index is -1.25. The molecule has 0 radical (unpaired) electrons. The van der Waals surface area contributed by atoms with Crippen LogP contribution >= 0.6 is 0 Å². The smallest absolute Gasteiger partial charge is 1.00 e. The van der Waals surface area contributed by atoms with E-state index in [0.29, 0.717) is 0 Å². The Balaban J connectivity index is 0. The predicted molar refractivity (Wildman–Crippen MR) is 66.1 cm³/mol. The van der Waals surface area contributed by atoms with Crippen LogP contribution < -0.4 is 11.2 Å². The number of aromatic nitrogens is 4. The normalized spacial score (nSPS) is 10.4. The minimum Gasteiger partial charge on any atom is -1.00 e. The summed E-state index contributed by atoms with van der Waals surface area (Å²) in [6, 6.07) is 0. The van der Waals surface area contributed by atoms with Gasteiger partial charge >= 0.3 is 34.7 Å². The van der Waals surface area contributed by atoms with Crippen molar-refractivity contribution >= 4 is 40.2 Å². The van der Waals surface area contributed by atoms with Crippen molar-refractivity contribution in [3.8, 4) is 0 Å². The fourth-order valence-corrected chi connectivity index (χ4v) is 1.71. The summed E-state index contributed by atoms with van der Waals surface area (Å²) in [4.78, 5) is 38.2. The summed E-state index contributed by atoms with van der Waals surface area (Å²) in [5, 5.41) is 8.91. The molecule has 0 bridgehead atoms. The van der Waals surface area contributed by atoms with Crippen LogP contribution in [0.3, 0.4) is 0 Å². The number of carboxylic acids is 1. The van der Waals surface area contributed by atoms with Crippen molar-refractivity contribution in [3.05, 3.63) is 26.7 Å². The van der Waals surface area contributed by atoms with E-state index in [0.717, 1.165) is 9.13 Å². The van der Waals surface area contributed by atoms with E-state index in [-0.39, 0.29) is 42.9 Å². The summed E-state index contributed by atoms with van der Waals surface area (Å²) in [5.74, 6) is -1.53. The molecule has 1 N–H and O–H groups in total. The molecule has 2 heterocycles. The van der Waals surface area contributed by atoms with Gasteiger partial charge in [-0.1, -0.05) is 0 Å². The SMILES string of the molecule is Cn1c(=O)c2c(nc(C(=O)O)n2C)n(C)c1=O.[H-].[H-].[Mg+2]. The molecule has 0 aliphatic carbocycles. The van der Waals surface area contributed by atoms with Gasteiger partial charge in [-0.15, -0.1) is 0 Å². The molecule has 0 amide bonds. The van der Waals surface area contributed by atoms with Crippen LogP contribution in [0.5, 0.6) is 0 Å². The Kier molecular flexibility index (Phi) is 3.67. The Labute approximate surface area is 120 Å². The summed E-state index contributed by atoms with van der Waals surface area (Å²) < 4.78 is 3.22. The molecule has 0 spiro atoms. The van der Waals surface area contributed by atoms with E-state index in [1.54, 1.807) is 0 Å². The number of aromatic carboxylic acids is 1. The molecular weight excluding hydrogens is 252 g/mol. The molecule has 9 heteroatoms. The fourth-order valence-electron chi connectivity index (χ4n) is 1.71. The molecular formula is C9H12MgN4O4. The second-order valence-electron chi connectivity index (χ2n) is 3.68. The average Bonchev–Trinajstić information content (AvgIpc) is 2.62. The van der Waals surface area contributed by atoms with Crippen molar-refractivity contribution < 1.29 is 12.8 Å². The Bertz CT molecular complexity index is 764. The first-order valence-electron chi connectivity index (χ1n) is 4.72. The summed E-state index contributed by atoms with van der Waals surface area (Å²) in [5.41, 5.74) is -0.951. The quantitative estimate of drug-likeness (QED) is 0.633. The first-order valence-corrected chi connectivity index (χ1v) is 4.72. The van der Waals surface area contributed by atoms with Crippen LogP contribution in [0.4, 0.5) is 0 Å². The van der Waals surface area contributed by atoms with Crippen molar-refractivity contribution in [1.82, 2.24) is 18.7 Å². The zero-order chi connectivity index (χ0) is 12.9. The minimum absolute atomic E-state index is 0. The van der Waals surface area contributed by atoms with E-state index in [9.17, 15) is 14.4 Å². The van der Waals surface area contributed by atoms with Crippen molar-refractivity contribution in [2.75, 3.05) is 0 Å². The second kappa shape index (κ2) is 4.57. The molecule has 0 aliphatic rings. The van der Waals surface area contributed by atoms with Crippen LogP contribution in [0, 0.1) is 0 Å². The first kappa shape index (κ1) is 14.4.